The first-order valence-corrected chi connectivity index (χ1v) is 11.0. The molecule has 0 bridgehead atoms. The van der Waals surface area contributed by atoms with Crippen molar-refractivity contribution >= 4 is 38.8 Å². The topological polar surface area (TPSA) is 63.9 Å². The quantitative estimate of drug-likeness (QED) is 0.398. The summed E-state index contributed by atoms with van der Waals surface area (Å²) in [5, 5.41) is 7.89. The van der Waals surface area contributed by atoms with Crippen LogP contribution in [0.25, 0.3) is 26.5 Å². The number of benzene rings is 2. The zero-order chi connectivity index (χ0) is 20.5. The highest BCUT2D eigenvalue weighted by atomic mass is 32.1. The van der Waals surface area contributed by atoms with Crippen LogP contribution in [0.15, 0.2) is 72.4 Å². The highest BCUT2D eigenvalue weighted by molar-refractivity contribution is 7.18. The van der Waals surface area contributed by atoms with Gasteiger partial charge in [-0.1, -0.05) is 30.3 Å². The van der Waals surface area contributed by atoms with Crippen molar-refractivity contribution in [2.45, 2.75) is 6.54 Å². The van der Waals surface area contributed by atoms with Crippen molar-refractivity contribution in [1.29, 1.82) is 0 Å². The van der Waals surface area contributed by atoms with Crippen molar-refractivity contribution in [2.75, 3.05) is 7.05 Å². The molecule has 0 aliphatic rings. The lowest BCUT2D eigenvalue weighted by Crippen LogP contribution is -2.26. The van der Waals surface area contributed by atoms with E-state index in [-0.39, 0.29) is 5.91 Å². The van der Waals surface area contributed by atoms with Gasteiger partial charge in [-0.05, 0) is 24.3 Å². The van der Waals surface area contributed by atoms with Gasteiger partial charge >= 0.3 is 0 Å². The van der Waals surface area contributed by atoms with Crippen LogP contribution in [0.1, 0.15) is 15.5 Å². The van der Waals surface area contributed by atoms with E-state index in [1.807, 2.05) is 60.8 Å². The molecule has 0 N–H and O–H groups in total. The fraction of sp³-hybridized carbons (Fsp3) is 0.0909. The molecule has 1 amide bonds. The summed E-state index contributed by atoms with van der Waals surface area (Å²) >= 11 is 3.05. The second-order valence-electron chi connectivity index (χ2n) is 6.78. The number of hydrogen-bond acceptors (Lipinski definition) is 6. The van der Waals surface area contributed by atoms with Gasteiger partial charge in [-0.3, -0.25) is 4.79 Å². The van der Waals surface area contributed by atoms with Crippen LogP contribution in [0.4, 0.5) is 0 Å². The molecule has 0 fully saturated rings. The minimum atomic E-state index is -0.118. The summed E-state index contributed by atoms with van der Waals surface area (Å²) in [6.45, 7) is 0.455. The van der Waals surface area contributed by atoms with E-state index in [4.69, 9.17) is 0 Å². The van der Waals surface area contributed by atoms with E-state index in [2.05, 4.69) is 15.1 Å². The molecule has 3 heterocycles. The average molecular weight is 432 g/mol. The van der Waals surface area contributed by atoms with Gasteiger partial charge in [0.2, 0.25) is 0 Å². The van der Waals surface area contributed by atoms with Crippen LogP contribution in [0, 0.1) is 0 Å². The van der Waals surface area contributed by atoms with Crippen LogP contribution in [0.2, 0.25) is 0 Å². The minimum absolute atomic E-state index is 0.118. The number of aromatic nitrogens is 4. The Kier molecular flexibility index (Phi) is 4.86. The molecular weight excluding hydrogens is 414 g/mol. The Balaban J connectivity index is 1.32. The van der Waals surface area contributed by atoms with Crippen molar-refractivity contribution in [3.8, 4) is 16.3 Å². The monoisotopic (exact) mass is 431 g/mol. The SMILES string of the molecule is CN(Cc1nc2ccccc2s1)C(=O)c1csc(-c2cnn(-c3ccccc3)c2)n1. The standard InChI is InChI=1S/C22H17N5OS2/c1-26(13-20-24-17-9-5-6-10-19(17)30-20)22(28)18-14-29-21(25-18)15-11-23-27(12-15)16-7-3-2-4-8-16/h2-12,14H,13H2,1H3. The molecule has 6 nitrogen and oxygen atoms in total. The Labute approximate surface area is 181 Å². The van der Waals surface area contributed by atoms with Crippen LogP contribution in [-0.4, -0.2) is 37.6 Å². The predicted molar refractivity (Wildman–Crippen MR) is 120 cm³/mol. The van der Waals surface area contributed by atoms with Gasteiger partial charge in [-0.2, -0.15) is 5.10 Å². The highest BCUT2D eigenvalue weighted by Crippen LogP contribution is 2.26. The molecule has 0 atom stereocenters. The summed E-state index contributed by atoms with van der Waals surface area (Å²) in [5.41, 5.74) is 3.26. The van der Waals surface area contributed by atoms with Crippen LogP contribution in [0.3, 0.4) is 0 Å². The minimum Gasteiger partial charge on any atom is -0.334 e. The first kappa shape index (κ1) is 18.7. The maximum atomic E-state index is 12.9. The number of fused-ring (bicyclic) bond motifs is 1. The van der Waals surface area contributed by atoms with E-state index in [1.165, 1.54) is 11.3 Å². The Morgan fingerprint density at radius 3 is 2.70 bits per heavy atom. The maximum absolute atomic E-state index is 12.9. The van der Waals surface area contributed by atoms with E-state index in [1.54, 1.807) is 39.5 Å². The number of carbonyl (C=O) groups excluding carboxylic acids is 1. The zero-order valence-electron chi connectivity index (χ0n) is 16.1. The molecule has 8 heteroatoms. The molecule has 0 aliphatic heterocycles. The molecule has 30 heavy (non-hydrogen) atoms. The largest absolute Gasteiger partial charge is 0.334 e. The van der Waals surface area contributed by atoms with E-state index < -0.39 is 0 Å². The average Bonchev–Trinajstić information content (AvgIpc) is 3.52. The molecule has 0 unspecified atom stereocenters. The van der Waals surface area contributed by atoms with Gasteiger partial charge in [-0.15, -0.1) is 22.7 Å². The third-order valence-electron chi connectivity index (χ3n) is 4.63. The van der Waals surface area contributed by atoms with Crippen molar-refractivity contribution in [3.05, 3.63) is 83.1 Å². The lowest BCUT2D eigenvalue weighted by atomic mass is 10.3. The van der Waals surface area contributed by atoms with Gasteiger partial charge < -0.3 is 4.90 Å². The van der Waals surface area contributed by atoms with E-state index in [0.29, 0.717) is 12.2 Å². The number of hydrogen-bond donors (Lipinski definition) is 0. The van der Waals surface area contributed by atoms with E-state index >= 15 is 0 Å². The number of rotatable bonds is 5. The summed E-state index contributed by atoms with van der Waals surface area (Å²) in [7, 11) is 1.78. The van der Waals surface area contributed by atoms with Gasteiger partial charge in [0.25, 0.3) is 5.91 Å². The van der Waals surface area contributed by atoms with Gasteiger partial charge in [0.05, 0.1) is 28.6 Å². The zero-order valence-corrected chi connectivity index (χ0v) is 17.7. The van der Waals surface area contributed by atoms with Crippen LogP contribution in [0.5, 0.6) is 0 Å². The van der Waals surface area contributed by atoms with Gasteiger partial charge in [0.1, 0.15) is 15.7 Å². The summed E-state index contributed by atoms with van der Waals surface area (Å²) in [6.07, 6.45) is 3.69. The lowest BCUT2D eigenvalue weighted by Gasteiger charge is -2.13. The lowest BCUT2D eigenvalue weighted by molar-refractivity contribution is 0.0780. The summed E-state index contributed by atoms with van der Waals surface area (Å²) in [4.78, 5) is 23.7. The normalized spacial score (nSPS) is 11.1. The molecule has 0 saturated heterocycles. The Morgan fingerprint density at radius 1 is 1.07 bits per heavy atom. The Morgan fingerprint density at radius 2 is 1.87 bits per heavy atom. The first-order valence-electron chi connectivity index (χ1n) is 9.33. The van der Waals surface area contributed by atoms with Gasteiger partial charge in [0, 0.05) is 24.2 Å². The Bertz CT molecular complexity index is 1290. The van der Waals surface area contributed by atoms with Crippen molar-refractivity contribution in [3.63, 3.8) is 0 Å². The van der Waals surface area contributed by atoms with Crippen LogP contribution >= 0.6 is 22.7 Å². The maximum Gasteiger partial charge on any atom is 0.273 e. The fourth-order valence-corrected chi connectivity index (χ4v) is 4.91. The third kappa shape index (κ3) is 3.62. The highest BCUT2D eigenvalue weighted by Gasteiger charge is 2.18. The third-order valence-corrected chi connectivity index (χ3v) is 6.54. The van der Waals surface area contributed by atoms with Crippen molar-refractivity contribution < 1.29 is 4.79 Å². The van der Waals surface area contributed by atoms with Crippen molar-refractivity contribution in [1.82, 2.24) is 24.6 Å². The van der Waals surface area contributed by atoms with Crippen LogP contribution < -0.4 is 0 Å². The molecule has 3 aromatic heterocycles. The molecule has 0 spiro atoms. The summed E-state index contributed by atoms with van der Waals surface area (Å²) in [6, 6.07) is 17.9. The molecule has 0 saturated carbocycles. The fourth-order valence-electron chi connectivity index (χ4n) is 3.12. The second-order valence-corrected chi connectivity index (χ2v) is 8.76. The molecule has 0 radical (unpaired) electrons. The Hall–Kier alpha value is -3.36. The summed E-state index contributed by atoms with van der Waals surface area (Å²) < 4.78 is 2.93. The van der Waals surface area contributed by atoms with E-state index in [9.17, 15) is 4.79 Å². The number of nitrogens with zero attached hydrogens (tertiary/aromatic N) is 5. The van der Waals surface area contributed by atoms with E-state index in [0.717, 1.165) is 31.5 Å². The molecular formula is C22H17N5OS2. The van der Waals surface area contributed by atoms with Crippen molar-refractivity contribution in [2.24, 2.45) is 0 Å². The summed E-state index contributed by atoms with van der Waals surface area (Å²) in [5.74, 6) is -0.118. The molecule has 5 aromatic rings. The number of para-hydroxylation sites is 2. The molecule has 0 aliphatic carbocycles. The van der Waals surface area contributed by atoms with Gasteiger partial charge in [0.15, 0.2) is 0 Å². The van der Waals surface area contributed by atoms with Crippen LogP contribution in [-0.2, 0) is 6.54 Å². The smallest absolute Gasteiger partial charge is 0.273 e. The number of amides is 1. The molecule has 2 aromatic carbocycles. The first-order chi connectivity index (χ1) is 14.7. The number of thiazole rings is 2. The second kappa shape index (κ2) is 7.81. The predicted octanol–water partition coefficient (Wildman–Crippen LogP) is 4.88. The molecule has 5 rings (SSSR count). The number of carbonyl (C=O) groups is 1. The molecule has 148 valence electrons. The van der Waals surface area contributed by atoms with Gasteiger partial charge in [-0.25, -0.2) is 14.6 Å².